The number of amides is 1. The number of rotatable bonds is 10. The number of carbonyl (C=O) groups excluding carboxylic acids is 1. The Hall–Kier alpha value is -2.34. The molecule has 5 N–H and O–H groups in total. The van der Waals surface area contributed by atoms with Crippen LogP contribution in [0.15, 0.2) is 12.1 Å². The quantitative estimate of drug-likeness (QED) is 0.289. The van der Waals surface area contributed by atoms with Gasteiger partial charge < -0.3 is 35.3 Å². The largest absolute Gasteiger partial charge is 0.535 e. The molecule has 1 aromatic rings. The van der Waals surface area contributed by atoms with E-state index in [1.807, 2.05) is 4.90 Å². The Morgan fingerprint density at radius 2 is 2.16 bits per heavy atom. The molecule has 2 heterocycles. The summed E-state index contributed by atoms with van der Waals surface area (Å²) >= 11 is 0. The summed E-state index contributed by atoms with van der Waals surface area (Å²) in [6.07, 6.45) is 1.44. The van der Waals surface area contributed by atoms with Crippen molar-refractivity contribution in [2.45, 2.75) is 37.7 Å². The normalized spacial score (nSPS) is 18.4. The smallest absolute Gasteiger partial charge is 0.522 e. The molecule has 1 saturated heterocycles. The van der Waals surface area contributed by atoms with Gasteiger partial charge in [0, 0.05) is 39.9 Å². The van der Waals surface area contributed by atoms with Gasteiger partial charge in [0.25, 0.3) is 0 Å². The molecule has 1 atom stereocenters. The number of hydrogen-bond acceptors (Lipinski definition) is 8. The summed E-state index contributed by atoms with van der Waals surface area (Å²) in [5.74, 6) is -1.03. The lowest BCUT2D eigenvalue weighted by molar-refractivity contribution is -0.127. The van der Waals surface area contributed by atoms with E-state index in [-0.39, 0.29) is 29.1 Å². The maximum atomic E-state index is 12.3. The van der Waals surface area contributed by atoms with Crippen molar-refractivity contribution in [1.29, 1.82) is 0 Å². The van der Waals surface area contributed by atoms with Gasteiger partial charge in [0.1, 0.15) is 28.7 Å². The molecule has 0 radical (unpaired) electrons. The minimum atomic E-state index is -1.17. The van der Waals surface area contributed by atoms with Crippen LogP contribution in [0.25, 0.3) is 0 Å². The average Bonchev–Trinajstić information content (AvgIpc) is 2.68. The minimum absolute atomic E-state index is 0.0752. The Bertz CT molecular complexity index is 814. The maximum Gasteiger partial charge on any atom is 0.522 e. The lowest BCUT2D eigenvalue weighted by Gasteiger charge is -2.42. The highest BCUT2D eigenvalue weighted by Crippen LogP contribution is 2.37. The fourth-order valence-corrected chi connectivity index (χ4v) is 3.78. The van der Waals surface area contributed by atoms with Crippen molar-refractivity contribution in [1.82, 2.24) is 10.2 Å². The molecule has 1 fully saturated rings. The molecule has 3 rings (SSSR count). The fourth-order valence-electron chi connectivity index (χ4n) is 3.78. The van der Waals surface area contributed by atoms with Crippen LogP contribution in [0.2, 0.25) is 6.32 Å². The molecule has 2 aliphatic rings. The van der Waals surface area contributed by atoms with Crippen LogP contribution in [0.5, 0.6) is 11.5 Å². The highest BCUT2D eigenvalue weighted by Gasteiger charge is 2.38. The van der Waals surface area contributed by atoms with Gasteiger partial charge in [-0.25, -0.2) is 4.79 Å². The number of nitrogens with two attached hydrogens (primary N) is 1. The van der Waals surface area contributed by atoms with E-state index in [9.17, 15) is 19.7 Å². The van der Waals surface area contributed by atoms with Crippen LogP contribution in [0.4, 0.5) is 0 Å². The molecule has 0 spiro atoms. The van der Waals surface area contributed by atoms with Gasteiger partial charge in [0.2, 0.25) is 5.91 Å². The first-order valence-electron chi connectivity index (χ1n) is 10.4. The molecule has 31 heavy (non-hydrogen) atoms. The first-order chi connectivity index (χ1) is 14.7. The van der Waals surface area contributed by atoms with Crippen LogP contribution in [0.1, 0.15) is 29.3 Å². The first-order valence-corrected chi connectivity index (χ1v) is 10.4. The number of ether oxygens (including phenoxy) is 2. The Morgan fingerprint density at radius 3 is 2.84 bits per heavy atom. The monoisotopic (exact) mass is 435 g/mol. The first kappa shape index (κ1) is 23.3. The van der Waals surface area contributed by atoms with Crippen molar-refractivity contribution in [3.05, 3.63) is 23.3 Å². The molecular formula is C20H30BN3O7. The van der Waals surface area contributed by atoms with E-state index >= 15 is 0 Å². The zero-order valence-corrected chi connectivity index (χ0v) is 17.9. The number of likely N-dealkylation sites (tertiary alicyclic amines) is 1. The number of methoxy groups -OCH3 is 1. The number of carbonyl (C=O) groups is 2. The van der Waals surface area contributed by atoms with E-state index in [1.54, 1.807) is 26.2 Å². The zero-order chi connectivity index (χ0) is 22.6. The van der Waals surface area contributed by atoms with E-state index < -0.39 is 18.6 Å². The lowest BCUT2D eigenvalue weighted by atomic mass is 9.78. The van der Waals surface area contributed by atoms with Crippen molar-refractivity contribution < 1.29 is 33.8 Å². The van der Waals surface area contributed by atoms with Gasteiger partial charge >= 0.3 is 13.1 Å². The molecule has 0 saturated carbocycles. The van der Waals surface area contributed by atoms with Crippen LogP contribution < -0.4 is 20.4 Å². The van der Waals surface area contributed by atoms with E-state index in [2.05, 4.69) is 5.32 Å². The Balaban J connectivity index is 1.55. The highest BCUT2D eigenvalue weighted by atomic mass is 16.5. The molecule has 1 amide bonds. The van der Waals surface area contributed by atoms with Crippen LogP contribution >= 0.6 is 0 Å². The average molecular weight is 435 g/mol. The van der Waals surface area contributed by atoms with E-state index in [4.69, 9.17) is 19.9 Å². The van der Waals surface area contributed by atoms with E-state index in [1.165, 1.54) is 0 Å². The third kappa shape index (κ3) is 5.68. The van der Waals surface area contributed by atoms with Crippen LogP contribution in [-0.2, 0) is 16.0 Å². The third-order valence-electron chi connectivity index (χ3n) is 5.43. The number of aromatic carboxylic acids is 1. The molecule has 170 valence electrons. The molecule has 0 aromatic heterocycles. The number of aryl methyl sites for hydroxylation is 1. The number of carboxylic acid groups (broad SMARTS) is 1. The Kier molecular flexibility index (Phi) is 7.42. The zero-order valence-electron chi connectivity index (χ0n) is 17.9. The predicted octanol–water partition coefficient (Wildman–Crippen LogP) is -0.267. The summed E-state index contributed by atoms with van der Waals surface area (Å²) in [6, 6.07) is 3.40. The number of nitrogens with one attached hydrogen (secondary N) is 1. The van der Waals surface area contributed by atoms with Gasteiger partial charge in [-0.3, -0.25) is 9.69 Å². The molecular weight excluding hydrogens is 405 g/mol. The molecule has 1 aromatic carbocycles. The van der Waals surface area contributed by atoms with E-state index in [0.29, 0.717) is 51.9 Å². The summed E-state index contributed by atoms with van der Waals surface area (Å²) in [5, 5.41) is 22.2. The van der Waals surface area contributed by atoms with Gasteiger partial charge in [0.15, 0.2) is 0 Å². The second-order valence-corrected chi connectivity index (χ2v) is 8.30. The predicted molar refractivity (Wildman–Crippen MR) is 113 cm³/mol. The van der Waals surface area contributed by atoms with Crippen LogP contribution in [0, 0.1) is 0 Å². The van der Waals surface area contributed by atoms with Crippen LogP contribution in [-0.4, -0.2) is 85.6 Å². The fraction of sp³-hybridized carbons (Fsp3) is 0.600. The van der Waals surface area contributed by atoms with Crippen molar-refractivity contribution in [2.75, 3.05) is 39.9 Å². The SMILES string of the molecule is COCCCNC(=O)[C@](C)(N)CN1CC(Oc2ccc3c(c2C(=O)O)OB(O)CC3)C1. The molecule has 0 unspecified atom stereocenters. The molecule has 0 bridgehead atoms. The molecule has 11 heteroatoms. The van der Waals surface area contributed by atoms with Gasteiger partial charge in [-0.1, -0.05) is 6.07 Å². The Labute approximate surface area is 181 Å². The van der Waals surface area contributed by atoms with Gasteiger partial charge in [0.05, 0.1) is 0 Å². The number of nitrogens with zero attached hydrogens (tertiary/aromatic N) is 1. The van der Waals surface area contributed by atoms with Gasteiger partial charge in [-0.2, -0.15) is 0 Å². The number of fused-ring (bicyclic) bond motifs is 1. The lowest BCUT2D eigenvalue weighted by Crippen LogP contribution is -2.64. The topological polar surface area (TPSA) is 144 Å². The van der Waals surface area contributed by atoms with Gasteiger partial charge in [-0.05, 0) is 37.7 Å². The number of benzene rings is 1. The third-order valence-corrected chi connectivity index (χ3v) is 5.43. The number of carboxylic acids is 1. The number of hydrogen-bond donors (Lipinski definition) is 4. The molecule has 0 aliphatic carbocycles. The highest BCUT2D eigenvalue weighted by molar-refractivity contribution is 6.44. The van der Waals surface area contributed by atoms with Gasteiger partial charge in [-0.15, -0.1) is 0 Å². The standard InChI is InChI=1S/C20H30BN3O7/c1-20(22,19(27)23-8-3-9-29-2)12-24-10-14(11-24)30-15-5-4-13-6-7-21(28)31-17(13)16(15)18(25)26/h4-5,14,28H,3,6-12,22H2,1-2H3,(H,23,27)(H,25,26)/t20-/m1/s1. The van der Waals surface area contributed by atoms with Crippen molar-refractivity contribution in [3.63, 3.8) is 0 Å². The summed E-state index contributed by atoms with van der Waals surface area (Å²) in [4.78, 5) is 26.1. The maximum absolute atomic E-state index is 12.3. The van der Waals surface area contributed by atoms with E-state index in [0.717, 1.165) is 5.56 Å². The molecule has 10 nitrogen and oxygen atoms in total. The Morgan fingerprint density at radius 1 is 1.42 bits per heavy atom. The van der Waals surface area contributed by atoms with Crippen LogP contribution in [0.3, 0.4) is 0 Å². The second-order valence-electron chi connectivity index (χ2n) is 8.30. The summed E-state index contributed by atoms with van der Waals surface area (Å²) < 4.78 is 16.2. The summed E-state index contributed by atoms with van der Waals surface area (Å²) in [5.41, 5.74) is 5.80. The van der Waals surface area contributed by atoms with Crippen molar-refractivity contribution >= 4 is 19.0 Å². The minimum Gasteiger partial charge on any atom is -0.535 e. The molecule has 2 aliphatic heterocycles. The second kappa shape index (κ2) is 9.86. The summed E-state index contributed by atoms with van der Waals surface area (Å²) in [7, 11) is 0.583. The van der Waals surface area contributed by atoms with Crippen molar-refractivity contribution in [3.8, 4) is 11.5 Å². The van der Waals surface area contributed by atoms with Crippen molar-refractivity contribution in [2.24, 2.45) is 5.73 Å². The summed E-state index contributed by atoms with van der Waals surface area (Å²) in [6.45, 7) is 4.14.